The maximum absolute atomic E-state index is 9.09. The molecule has 1 aromatic heterocycles. The molecular formula is C10H10BrNO. The van der Waals surface area contributed by atoms with Crippen LogP contribution in [0.25, 0.3) is 10.9 Å². The van der Waals surface area contributed by atoms with E-state index in [0.717, 1.165) is 20.9 Å². The van der Waals surface area contributed by atoms with Crippen molar-refractivity contribution < 1.29 is 5.11 Å². The molecule has 0 bridgehead atoms. The molecule has 68 valence electrons. The summed E-state index contributed by atoms with van der Waals surface area (Å²) in [6.07, 6.45) is 1.96. The van der Waals surface area contributed by atoms with Crippen LogP contribution in [-0.4, -0.2) is 9.67 Å². The largest absolute Gasteiger partial charge is 0.392 e. The summed E-state index contributed by atoms with van der Waals surface area (Å²) < 4.78 is 3.08. The Labute approximate surface area is 84.9 Å². The van der Waals surface area contributed by atoms with Gasteiger partial charge in [-0.2, -0.15) is 0 Å². The third kappa shape index (κ3) is 1.38. The molecule has 13 heavy (non-hydrogen) atoms. The zero-order valence-corrected chi connectivity index (χ0v) is 8.87. The van der Waals surface area contributed by atoms with Gasteiger partial charge in [-0.1, -0.05) is 22.0 Å². The molecule has 0 unspecified atom stereocenters. The van der Waals surface area contributed by atoms with Crippen LogP contribution in [0.3, 0.4) is 0 Å². The number of nitrogens with zero attached hydrogens (tertiary/aromatic N) is 1. The molecule has 0 fully saturated rings. The molecule has 0 aliphatic rings. The number of aliphatic hydroxyl groups is 1. The van der Waals surface area contributed by atoms with Crippen LogP contribution >= 0.6 is 15.9 Å². The fourth-order valence-electron chi connectivity index (χ4n) is 1.57. The number of halogens is 1. The molecule has 3 heteroatoms. The molecule has 0 amide bonds. The van der Waals surface area contributed by atoms with E-state index in [1.54, 1.807) is 0 Å². The van der Waals surface area contributed by atoms with Crippen molar-refractivity contribution in [3.8, 4) is 0 Å². The first kappa shape index (κ1) is 8.78. The summed E-state index contributed by atoms with van der Waals surface area (Å²) in [7, 11) is 1.98. The second-order valence-electron chi connectivity index (χ2n) is 3.08. The molecule has 1 aromatic carbocycles. The number of hydrogen-bond acceptors (Lipinski definition) is 1. The van der Waals surface area contributed by atoms with Gasteiger partial charge >= 0.3 is 0 Å². The fraction of sp³-hybridized carbons (Fsp3) is 0.200. The van der Waals surface area contributed by atoms with Gasteiger partial charge in [-0.3, -0.25) is 0 Å². The highest BCUT2D eigenvalue weighted by Crippen LogP contribution is 2.24. The summed E-state index contributed by atoms with van der Waals surface area (Å²) in [5, 5.41) is 10.2. The van der Waals surface area contributed by atoms with Crippen molar-refractivity contribution >= 4 is 26.8 Å². The first-order valence-corrected chi connectivity index (χ1v) is 4.86. The topological polar surface area (TPSA) is 25.2 Å². The Morgan fingerprint density at radius 1 is 1.46 bits per heavy atom. The standard InChI is InChI=1S/C10H10BrNO/c1-12-5-7(6-13)9-3-2-8(11)4-10(9)12/h2-5,13H,6H2,1H3. The van der Waals surface area contributed by atoms with Gasteiger partial charge < -0.3 is 9.67 Å². The summed E-state index contributed by atoms with van der Waals surface area (Å²) in [5.41, 5.74) is 2.11. The number of aliphatic hydroxyl groups excluding tert-OH is 1. The van der Waals surface area contributed by atoms with Crippen molar-refractivity contribution in [3.05, 3.63) is 34.4 Å². The van der Waals surface area contributed by atoms with Crippen LogP contribution in [0.5, 0.6) is 0 Å². The Bertz CT molecular complexity index is 447. The van der Waals surface area contributed by atoms with Crippen LogP contribution in [0, 0.1) is 0 Å². The minimum absolute atomic E-state index is 0.0962. The van der Waals surface area contributed by atoms with Gasteiger partial charge in [0.1, 0.15) is 0 Å². The van der Waals surface area contributed by atoms with E-state index in [1.807, 2.05) is 29.9 Å². The van der Waals surface area contributed by atoms with Gasteiger partial charge in [0.05, 0.1) is 6.61 Å². The van der Waals surface area contributed by atoms with Crippen LogP contribution in [0.1, 0.15) is 5.56 Å². The van der Waals surface area contributed by atoms with Crippen LogP contribution in [0.2, 0.25) is 0 Å². The van der Waals surface area contributed by atoms with Gasteiger partial charge in [-0.15, -0.1) is 0 Å². The lowest BCUT2D eigenvalue weighted by molar-refractivity contribution is 0.283. The Morgan fingerprint density at radius 3 is 2.92 bits per heavy atom. The zero-order valence-electron chi connectivity index (χ0n) is 7.29. The Balaban J connectivity index is 2.80. The van der Waals surface area contributed by atoms with Crippen molar-refractivity contribution in [2.45, 2.75) is 6.61 Å². The van der Waals surface area contributed by atoms with E-state index in [9.17, 15) is 0 Å². The maximum Gasteiger partial charge on any atom is 0.0702 e. The highest BCUT2D eigenvalue weighted by molar-refractivity contribution is 9.10. The minimum atomic E-state index is 0.0962. The van der Waals surface area contributed by atoms with E-state index < -0.39 is 0 Å². The number of hydrogen-bond donors (Lipinski definition) is 1. The first-order valence-electron chi connectivity index (χ1n) is 4.06. The van der Waals surface area contributed by atoms with Crippen LogP contribution in [0.4, 0.5) is 0 Å². The van der Waals surface area contributed by atoms with Crippen molar-refractivity contribution in [3.63, 3.8) is 0 Å². The van der Waals surface area contributed by atoms with Gasteiger partial charge in [0, 0.05) is 34.2 Å². The van der Waals surface area contributed by atoms with E-state index in [2.05, 4.69) is 22.0 Å². The lowest BCUT2D eigenvalue weighted by Crippen LogP contribution is -1.82. The Hall–Kier alpha value is -0.800. The number of aromatic nitrogens is 1. The van der Waals surface area contributed by atoms with Crippen LogP contribution < -0.4 is 0 Å². The molecule has 2 rings (SSSR count). The predicted octanol–water partition coefficient (Wildman–Crippen LogP) is 2.43. The molecule has 1 N–H and O–H groups in total. The van der Waals surface area contributed by atoms with Crippen molar-refractivity contribution in [2.24, 2.45) is 7.05 Å². The first-order chi connectivity index (χ1) is 6.22. The summed E-state index contributed by atoms with van der Waals surface area (Å²) in [6, 6.07) is 6.06. The van der Waals surface area contributed by atoms with Gasteiger partial charge in [0.25, 0.3) is 0 Å². The molecule has 0 aliphatic heterocycles. The van der Waals surface area contributed by atoms with E-state index in [4.69, 9.17) is 5.11 Å². The number of aryl methyl sites for hydroxylation is 1. The van der Waals surface area contributed by atoms with Crippen LogP contribution in [0.15, 0.2) is 28.9 Å². The number of fused-ring (bicyclic) bond motifs is 1. The zero-order chi connectivity index (χ0) is 9.42. The molecule has 0 aliphatic carbocycles. The van der Waals surface area contributed by atoms with Crippen molar-refractivity contribution in [2.75, 3.05) is 0 Å². The molecule has 0 saturated heterocycles. The second kappa shape index (κ2) is 3.16. The van der Waals surface area contributed by atoms with E-state index >= 15 is 0 Å². The normalized spacial score (nSPS) is 11.0. The monoisotopic (exact) mass is 239 g/mol. The Morgan fingerprint density at radius 2 is 2.23 bits per heavy atom. The van der Waals surface area contributed by atoms with Gasteiger partial charge in [0.2, 0.25) is 0 Å². The van der Waals surface area contributed by atoms with E-state index in [0.29, 0.717) is 0 Å². The molecule has 0 atom stereocenters. The van der Waals surface area contributed by atoms with Crippen molar-refractivity contribution in [1.29, 1.82) is 0 Å². The summed E-state index contributed by atoms with van der Waals surface area (Å²) in [5.74, 6) is 0. The van der Waals surface area contributed by atoms with E-state index in [1.165, 1.54) is 0 Å². The average Bonchev–Trinajstić information content (AvgIpc) is 2.43. The molecule has 2 aromatic rings. The quantitative estimate of drug-likeness (QED) is 0.813. The molecule has 0 saturated carbocycles. The predicted molar refractivity (Wildman–Crippen MR) is 56.5 cm³/mol. The minimum Gasteiger partial charge on any atom is -0.392 e. The molecule has 2 nitrogen and oxygen atoms in total. The number of benzene rings is 1. The highest BCUT2D eigenvalue weighted by atomic mass is 79.9. The summed E-state index contributed by atoms with van der Waals surface area (Å²) in [6.45, 7) is 0.0962. The van der Waals surface area contributed by atoms with Gasteiger partial charge in [-0.05, 0) is 12.1 Å². The summed E-state index contributed by atoms with van der Waals surface area (Å²) >= 11 is 3.42. The smallest absolute Gasteiger partial charge is 0.0702 e. The van der Waals surface area contributed by atoms with E-state index in [-0.39, 0.29) is 6.61 Å². The second-order valence-corrected chi connectivity index (χ2v) is 4.00. The Kier molecular flexibility index (Phi) is 2.14. The SMILES string of the molecule is Cn1cc(CO)c2ccc(Br)cc21. The van der Waals surface area contributed by atoms with Crippen molar-refractivity contribution in [1.82, 2.24) is 4.57 Å². The third-order valence-electron chi connectivity index (χ3n) is 2.21. The summed E-state index contributed by atoms with van der Waals surface area (Å²) in [4.78, 5) is 0. The highest BCUT2D eigenvalue weighted by Gasteiger charge is 2.04. The third-order valence-corrected chi connectivity index (χ3v) is 2.70. The van der Waals surface area contributed by atoms with Gasteiger partial charge in [-0.25, -0.2) is 0 Å². The lowest BCUT2D eigenvalue weighted by Gasteiger charge is -1.96. The fourth-order valence-corrected chi connectivity index (χ4v) is 1.92. The number of rotatable bonds is 1. The lowest BCUT2D eigenvalue weighted by atomic mass is 10.2. The van der Waals surface area contributed by atoms with Gasteiger partial charge in [0.15, 0.2) is 0 Å². The molecule has 0 radical (unpaired) electrons. The molecular weight excluding hydrogens is 230 g/mol. The molecule has 1 heterocycles. The van der Waals surface area contributed by atoms with Crippen LogP contribution in [-0.2, 0) is 13.7 Å². The average molecular weight is 240 g/mol. The maximum atomic E-state index is 9.09. The molecule has 0 spiro atoms.